The van der Waals surface area contributed by atoms with Crippen molar-refractivity contribution in [3.63, 3.8) is 0 Å². The molecule has 9 nitrogen and oxygen atoms in total. The van der Waals surface area contributed by atoms with Gasteiger partial charge in [0.05, 0.1) is 25.2 Å². The third kappa shape index (κ3) is 5.57. The number of benzene rings is 2. The van der Waals surface area contributed by atoms with Crippen molar-refractivity contribution in [1.29, 1.82) is 0 Å². The van der Waals surface area contributed by atoms with Gasteiger partial charge in [0.2, 0.25) is 12.7 Å². The van der Waals surface area contributed by atoms with Crippen LogP contribution in [0, 0.1) is 0 Å². The molecule has 0 unspecified atom stereocenters. The lowest BCUT2D eigenvalue weighted by Crippen LogP contribution is -2.50. The van der Waals surface area contributed by atoms with Gasteiger partial charge in [-0.25, -0.2) is 4.79 Å². The van der Waals surface area contributed by atoms with Crippen LogP contribution in [0.4, 0.5) is 10.5 Å². The van der Waals surface area contributed by atoms with E-state index in [-0.39, 0.29) is 25.7 Å². The number of urea groups is 1. The highest BCUT2D eigenvalue weighted by atomic mass is 16.7. The first-order valence-corrected chi connectivity index (χ1v) is 10.3. The van der Waals surface area contributed by atoms with E-state index in [1.54, 1.807) is 30.4 Å². The fourth-order valence-electron chi connectivity index (χ4n) is 3.48. The predicted molar refractivity (Wildman–Crippen MR) is 116 cm³/mol. The predicted octanol–water partition coefficient (Wildman–Crippen LogP) is 1.93. The average Bonchev–Trinajstić information content (AvgIpc) is 3.27. The fourth-order valence-corrected chi connectivity index (χ4v) is 3.48. The van der Waals surface area contributed by atoms with Crippen LogP contribution in [0.15, 0.2) is 60.7 Å². The standard InChI is InChI=1S/C23H25N3O6/c27-13-21-18(26-23(29)25-16-6-9-19-20(10-16)31-14-30-19)8-7-17(32-21)11-22(28)24-12-15-4-2-1-3-5-15/h1-10,17-18,21,27H,11-14H2,(H,24,28)(H2,25,26,29)/t17-,18+,21-/m1/s1. The van der Waals surface area contributed by atoms with Crippen molar-refractivity contribution >= 4 is 17.6 Å². The molecule has 2 aliphatic heterocycles. The van der Waals surface area contributed by atoms with Crippen LogP contribution >= 0.6 is 0 Å². The summed E-state index contributed by atoms with van der Waals surface area (Å²) in [5, 5.41) is 18.0. The molecule has 3 atom stereocenters. The molecule has 0 saturated heterocycles. The molecule has 2 aromatic rings. The molecular weight excluding hydrogens is 414 g/mol. The Balaban J connectivity index is 1.27. The Hall–Kier alpha value is -3.56. The van der Waals surface area contributed by atoms with Gasteiger partial charge in [0.1, 0.15) is 6.10 Å². The summed E-state index contributed by atoms with van der Waals surface area (Å²) in [4.78, 5) is 24.6. The molecule has 0 bridgehead atoms. The zero-order valence-corrected chi connectivity index (χ0v) is 17.3. The lowest BCUT2D eigenvalue weighted by Gasteiger charge is -2.31. The van der Waals surface area contributed by atoms with Gasteiger partial charge in [-0.2, -0.15) is 0 Å². The summed E-state index contributed by atoms with van der Waals surface area (Å²) in [5.74, 6) is 1.02. The van der Waals surface area contributed by atoms with Gasteiger partial charge in [-0.05, 0) is 17.7 Å². The van der Waals surface area contributed by atoms with E-state index < -0.39 is 24.3 Å². The van der Waals surface area contributed by atoms with Gasteiger partial charge in [0, 0.05) is 18.3 Å². The minimum Gasteiger partial charge on any atom is -0.454 e. The minimum absolute atomic E-state index is 0.121. The van der Waals surface area contributed by atoms with Gasteiger partial charge >= 0.3 is 6.03 Å². The zero-order valence-electron chi connectivity index (χ0n) is 17.3. The monoisotopic (exact) mass is 439 g/mol. The molecule has 2 heterocycles. The minimum atomic E-state index is -0.672. The Kier molecular flexibility index (Phi) is 6.88. The second kappa shape index (κ2) is 10.2. The Bertz CT molecular complexity index is 981. The molecule has 0 saturated carbocycles. The van der Waals surface area contributed by atoms with Gasteiger partial charge in [-0.3, -0.25) is 4.79 Å². The molecule has 2 aliphatic rings. The van der Waals surface area contributed by atoms with Crippen LogP contribution in [0.5, 0.6) is 11.5 Å². The first kappa shape index (κ1) is 21.7. The van der Waals surface area contributed by atoms with Crippen molar-refractivity contribution < 1.29 is 28.9 Å². The largest absolute Gasteiger partial charge is 0.454 e. The molecule has 3 amide bonds. The SMILES string of the molecule is O=C(C[C@H]1C=C[C@H](NC(=O)Nc2ccc3c(c2)OCO3)[C@@H](CO)O1)NCc1ccccc1. The Morgan fingerprint density at radius 1 is 1.03 bits per heavy atom. The van der Waals surface area contributed by atoms with Crippen molar-refractivity contribution in [3.05, 3.63) is 66.2 Å². The molecule has 0 fully saturated rings. The summed E-state index contributed by atoms with van der Waals surface area (Å²) in [5.41, 5.74) is 1.55. The highest BCUT2D eigenvalue weighted by Gasteiger charge is 2.29. The van der Waals surface area contributed by atoms with E-state index in [4.69, 9.17) is 14.2 Å². The Labute approximate surface area is 185 Å². The van der Waals surface area contributed by atoms with E-state index in [0.29, 0.717) is 23.7 Å². The number of hydrogen-bond donors (Lipinski definition) is 4. The van der Waals surface area contributed by atoms with Crippen LogP contribution in [-0.2, 0) is 16.1 Å². The first-order chi connectivity index (χ1) is 15.6. The van der Waals surface area contributed by atoms with Crippen LogP contribution in [0.1, 0.15) is 12.0 Å². The number of nitrogens with one attached hydrogen (secondary N) is 3. The smallest absolute Gasteiger partial charge is 0.319 e. The zero-order chi connectivity index (χ0) is 22.3. The quantitative estimate of drug-likeness (QED) is 0.490. The maximum Gasteiger partial charge on any atom is 0.319 e. The number of rotatable bonds is 7. The molecule has 9 heteroatoms. The Morgan fingerprint density at radius 2 is 1.84 bits per heavy atom. The molecule has 32 heavy (non-hydrogen) atoms. The topological polar surface area (TPSA) is 118 Å². The molecule has 168 valence electrons. The first-order valence-electron chi connectivity index (χ1n) is 10.3. The van der Waals surface area contributed by atoms with Crippen LogP contribution in [0.3, 0.4) is 0 Å². The normalized spacial score (nSPS) is 21.1. The molecule has 0 spiro atoms. The number of carbonyl (C=O) groups is 2. The second-order valence-corrected chi connectivity index (χ2v) is 7.44. The maximum absolute atomic E-state index is 12.4. The number of aliphatic hydroxyl groups excluding tert-OH is 1. The lowest BCUT2D eigenvalue weighted by molar-refractivity contribution is -0.125. The fraction of sp³-hybridized carbons (Fsp3) is 0.304. The molecule has 0 radical (unpaired) electrons. The molecule has 2 aromatic carbocycles. The summed E-state index contributed by atoms with van der Waals surface area (Å²) in [6.07, 6.45) is 2.42. The number of ether oxygens (including phenoxy) is 3. The van der Waals surface area contributed by atoms with Crippen LogP contribution in [0.2, 0.25) is 0 Å². The number of carbonyl (C=O) groups excluding carboxylic acids is 2. The summed E-state index contributed by atoms with van der Waals surface area (Å²) in [6, 6.07) is 13.7. The van der Waals surface area contributed by atoms with E-state index in [1.807, 2.05) is 30.3 Å². The van der Waals surface area contributed by atoms with E-state index in [1.165, 1.54) is 0 Å². The Morgan fingerprint density at radius 3 is 2.66 bits per heavy atom. The number of aliphatic hydroxyl groups is 1. The van der Waals surface area contributed by atoms with Crippen molar-refractivity contribution in [2.75, 3.05) is 18.7 Å². The van der Waals surface area contributed by atoms with Crippen LogP contribution in [0.25, 0.3) is 0 Å². The molecular formula is C23H25N3O6. The third-order valence-corrected chi connectivity index (χ3v) is 5.11. The average molecular weight is 439 g/mol. The van der Waals surface area contributed by atoms with Crippen molar-refractivity contribution in [1.82, 2.24) is 10.6 Å². The lowest BCUT2D eigenvalue weighted by atomic mass is 10.0. The molecule has 4 N–H and O–H groups in total. The molecule has 0 aromatic heterocycles. The van der Waals surface area contributed by atoms with E-state index in [0.717, 1.165) is 5.56 Å². The highest BCUT2D eigenvalue weighted by Crippen LogP contribution is 2.34. The van der Waals surface area contributed by atoms with Crippen LogP contribution < -0.4 is 25.4 Å². The number of fused-ring (bicyclic) bond motifs is 1. The van der Waals surface area contributed by atoms with E-state index in [2.05, 4.69) is 16.0 Å². The van der Waals surface area contributed by atoms with Gasteiger partial charge in [-0.1, -0.05) is 42.5 Å². The summed E-state index contributed by atoms with van der Waals surface area (Å²) in [6.45, 7) is 0.282. The maximum atomic E-state index is 12.4. The molecule has 4 rings (SSSR count). The second-order valence-electron chi connectivity index (χ2n) is 7.44. The number of anilines is 1. The third-order valence-electron chi connectivity index (χ3n) is 5.11. The van der Waals surface area contributed by atoms with Gasteiger partial charge in [0.15, 0.2) is 11.5 Å². The van der Waals surface area contributed by atoms with Crippen molar-refractivity contribution in [2.24, 2.45) is 0 Å². The number of amides is 3. The number of hydrogen-bond acceptors (Lipinski definition) is 6. The summed E-state index contributed by atoms with van der Waals surface area (Å²) < 4.78 is 16.4. The van der Waals surface area contributed by atoms with Gasteiger partial charge < -0.3 is 35.3 Å². The van der Waals surface area contributed by atoms with Gasteiger partial charge in [-0.15, -0.1) is 0 Å². The highest BCUT2D eigenvalue weighted by molar-refractivity contribution is 5.90. The van der Waals surface area contributed by atoms with Crippen molar-refractivity contribution in [3.8, 4) is 11.5 Å². The van der Waals surface area contributed by atoms with E-state index in [9.17, 15) is 14.7 Å². The van der Waals surface area contributed by atoms with E-state index >= 15 is 0 Å². The summed E-state index contributed by atoms with van der Waals surface area (Å²) >= 11 is 0. The van der Waals surface area contributed by atoms with Crippen LogP contribution in [-0.4, -0.2) is 48.7 Å². The van der Waals surface area contributed by atoms with Crippen molar-refractivity contribution in [2.45, 2.75) is 31.2 Å². The summed E-state index contributed by atoms with van der Waals surface area (Å²) in [7, 11) is 0. The van der Waals surface area contributed by atoms with Gasteiger partial charge in [0.25, 0.3) is 0 Å². The molecule has 0 aliphatic carbocycles.